The predicted octanol–water partition coefficient (Wildman–Crippen LogP) is 3.23. The summed E-state index contributed by atoms with van der Waals surface area (Å²) in [5.41, 5.74) is 2.71. The Hall–Kier alpha value is -1.43. The van der Waals surface area contributed by atoms with Crippen LogP contribution < -0.4 is 0 Å². The van der Waals surface area contributed by atoms with Crippen LogP contribution in [0.25, 0.3) is 6.08 Å². The number of carbonyl (C=O) groups is 1. The van der Waals surface area contributed by atoms with Crippen molar-refractivity contribution in [2.24, 2.45) is 7.05 Å². The van der Waals surface area contributed by atoms with Gasteiger partial charge in [-0.2, -0.15) is 5.10 Å². The molecule has 3 nitrogen and oxygen atoms in total. The van der Waals surface area contributed by atoms with Gasteiger partial charge in [0.15, 0.2) is 5.78 Å². The lowest BCUT2D eigenvalue weighted by molar-refractivity contribution is 0.104. The fourth-order valence-corrected chi connectivity index (χ4v) is 1.91. The van der Waals surface area contributed by atoms with Gasteiger partial charge in [-0.1, -0.05) is 12.1 Å². The summed E-state index contributed by atoms with van der Waals surface area (Å²) in [6.07, 6.45) is 5.15. The number of ketones is 1. The zero-order chi connectivity index (χ0) is 13.1. The molecule has 0 radical (unpaired) electrons. The van der Waals surface area contributed by atoms with Gasteiger partial charge in [-0.3, -0.25) is 9.48 Å². The van der Waals surface area contributed by atoms with Gasteiger partial charge in [-0.25, -0.2) is 0 Å². The van der Waals surface area contributed by atoms with Crippen molar-refractivity contribution in [1.82, 2.24) is 9.78 Å². The lowest BCUT2D eigenvalue weighted by Crippen LogP contribution is -1.94. The van der Waals surface area contributed by atoms with Crippen molar-refractivity contribution >= 4 is 34.5 Å². The van der Waals surface area contributed by atoms with E-state index in [2.05, 4.69) is 27.7 Å². The summed E-state index contributed by atoms with van der Waals surface area (Å²) in [4.78, 5) is 11.9. The van der Waals surface area contributed by atoms with E-state index in [1.54, 1.807) is 17.0 Å². The molecule has 0 N–H and O–H groups in total. The van der Waals surface area contributed by atoms with Gasteiger partial charge in [0.25, 0.3) is 0 Å². The van der Waals surface area contributed by atoms with Gasteiger partial charge in [0.2, 0.25) is 0 Å². The third-order valence-corrected chi connectivity index (χ3v) is 3.54. The highest BCUT2D eigenvalue weighted by molar-refractivity contribution is 14.1. The first kappa shape index (κ1) is 13.0. The molecule has 0 aliphatic rings. The van der Waals surface area contributed by atoms with Gasteiger partial charge in [0, 0.05) is 27.4 Å². The van der Waals surface area contributed by atoms with Crippen LogP contribution in [0.3, 0.4) is 0 Å². The summed E-state index contributed by atoms with van der Waals surface area (Å²) in [7, 11) is 1.88. The molecule has 1 aromatic carbocycles. The van der Waals surface area contributed by atoms with Crippen molar-refractivity contribution < 1.29 is 4.79 Å². The second kappa shape index (κ2) is 5.48. The van der Waals surface area contributed by atoms with Crippen molar-refractivity contribution in [3.8, 4) is 0 Å². The van der Waals surface area contributed by atoms with Gasteiger partial charge in [-0.15, -0.1) is 0 Å². The summed E-state index contributed by atoms with van der Waals surface area (Å²) in [5.74, 6) is 0.00894. The molecule has 0 amide bonds. The molecule has 18 heavy (non-hydrogen) atoms. The van der Waals surface area contributed by atoms with Crippen LogP contribution in [-0.2, 0) is 7.05 Å². The van der Waals surface area contributed by atoms with Crippen molar-refractivity contribution in [2.45, 2.75) is 6.92 Å². The van der Waals surface area contributed by atoms with E-state index in [1.165, 1.54) is 0 Å². The largest absolute Gasteiger partial charge is 0.289 e. The molecule has 0 fully saturated rings. The molecule has 0 saturated carbocycles. The number of aryl methyl sites for hydroxylation is 1. The van der Waals surface area contributed by atoms with Gasteiger partial charge in [0.1, 0.15) is 0 Å². The van der Waals surface area contributed by atoms with Crippen molar-refractivity contribution in [1.29, 1.82) is 0 Å². The predicted molar refractivity (Wildman–Crippen MR) is 80.5 cm³/mol. The van der Waals surface area contributed by atoms with Crippen molar-refractivity contribution in [2.75, 3.05) is 0 Å². The molecule has 0 saturated heterocycles. The fraction of sp³-hybridized carbons (Fsp3) is 0.143. The molecule has 0 aliphatic carbocycles. The second-order valence-corrected chi connectivity index (χ2v) is 5.26. The molecule has 0 unspecified atom stereocenters. The van der Waals surface area contributed by atoms with Crippen molar-refractivity contribution in [3.05, 3.63) is 56.9 Å². The van der Waals surface area contributed by atoms with Gasteiger partial charge in [-0.05, 0) is 53.8 Å². The smallest absolute Gasteiger partial charge is 0.185 e. The number of allylic oxidation sites excluding steroid dienone is 1. The Morgan fingerprint density at radius 3 is 2.56 bits per heavy atom. The minimum atomic E-state index is 0.00894. The average molecular weight is 352 g/mol. The normalized spacial score (nSPS) is 11.1. The van der Waals surface area contributed by atoms with E-state index in [4.69, 9.17) is 0 Å². The van der Waals surface area contributed by atoms with E-state index < -0.39 is 0 Å². The van der Waals surface area contributed by atoms with Crippen LogP contribution in [0.1, 0.15) is 21.6 Å². The Bertz CT molecular complexity index is 597. The van der Waals surface area contributed by atoms with Crippen LogP contribution >= 0.6 is 22.6 Å². The maximum Gasteiger partial charge on any atom is 0.185 e. The topological polar surface area (TPSA) is 34.9 Å². The monoisotopic (exact) mass is 352 g/mol. The van der Waals surface area contributed by atoms with Gasteiger partial charge in [0.05, 0.1) is 6.20 Å². The molecule has 92 valence electrons. The third-order valence-electron chi connectivity index (χ3n) is 2.82. The number of nitrogens with zero attached hydrogens (tertiary/aromatic N) is 2. The first-order valence-corrected chi connectivity index (χ1v) is 6.62. The minimum absolute atomic E-state index is 0.00894. The Morgan fingerprint density at radius 2 is 2.00 bits per heavy atom. The van der Waals surface area contributed by atoms with E-state index in [-0.39, 0.29) is 5.78 Å². The molecule has 2 aromatic rings. The summed E-state index contributed by atoms with van der Waals surface area (Å²) in [6.45, 7) is 1.97. The quantitative estimate of drug-likeness (QED) is 0.483. The van der Waals surface area contributed by atoms with Gasteiger partial charge < -0.3 is 0 Å². The second-order valence-electron chi connectivity index (χ2n) is 4.01. The highest BCUT2D eigenvalue weighted by Crippen LogP contribution is 2.11. The number of rotatable bonds is 3. The van der Waals surface area contributed by atoms with E-state index in [1.807, 2.05) is 44.3 Å². The Kier molecular flexibility index (Phi) is 3.96. The van der Waals surface area contributed by atoms with Crippen LogP contribution in [0.5, 0.6) is 0 Å². The molecule has 4 heteroatoms. The number of hydrogen-bond donors (Lipinski definition) is 0. The molecule has 0 bridgehead atoms. The lowest BCUT2D eigenvalue weighted by atomic mass is 10.1. The fourth-order valence-electron chi connectivity index (χ4n) is 1.56. The Balaban J connectivity index is 2.16. The highest BCUT2D eigenvalue weighted by atomic mass is 127. The zero-order valence-electron chi connectivity index (χ0n) is 10.2. The summed E-state index contributed by atoms with van der Waals surface area (Å²) in [5, 5.41) is 4.13. The molecule has 0 atom stereocenters. The maximum absolute atomic E-state index is 11.9. The summed E-state index contributed by atoms with van der Waals surface area (Å²) in [6, 6.07) is 7.53. The standard InChI is InChI=1S/C14H13IN2O/c1-10-12(9-16-17(10)2)5-8-14(18)11-3-6-13(15)7-4-11/h3-9H,1-2H3/b8-5+. The van der Waals surface area contributed by atoms with Crippen LogP contribution in [0.15, 0.2) is 36.5 Å². The van der Waals surface area contributed by atoms with Crippen LogP contribution in [-0.4, -0.2) is 15.6 Å². The first-order valence-electron chi connectivity index (χ1n) is 5.54. The number of benzene rings is 1. The number of hydrogen-bond acceptors (Lipinski definition) is 2. The van der Waals surface area contributed by atoms with E-state index in [0.29, 0.717) is 5.56 Å². The van der Waals surface area contributed by atoms with E-state index >= 15 is 0 Å². The van der Waals surface area contributed by atoms with E-state index in [0.717, 1.165) is 14.8 Å². The Labute approximate surface area is 120 Å². The van der Waals surface area contributed by atoms with Crippen LogP contribution in [0.2, 0.25) is 0 Å². The number of carbonyl (C=O) groups excluding carboxylic acids is 1. The van der Waals surface area contributed by atoms with Crippen molar-refractivity contribution in [3.63, 3.8) is 0 Å². The highest BCUT2D eigenvalue weighted by Gasteiger charge is 2.03. The Morgan fingerprint density at radius 1 is 1.33 bits per heavy atom. The number of aromatic nitrogens is 2. The molecule has 2 rings (SSSR count). The average Bonchev–Trinajstić information content (AvgIpc) is 2.68. The van der Waals surface area contributed by atoms with Crippen LogP contribution in [0, 0.1) is 10.5 Å². The lowest BCUT2D eigenvalue weighted by Gasteiger charge is -1.96. The SMILES string of the molecule is Cc1c(/C=C/C(=O)c2ccc(I)cc2)cnn1C. The first-order chi connectivity index (χ1) is 8.58. The van der Waals surface area contributed by atoms with Gasteiger partial charge >= 0.3 is 0 Å². The minimum Gasteiger partial charge on any atom is -0.289 e. The summed E-state index contributed by atoms with van der Waals surface area (Å²) < 4.78 is 2.91. The maximum atomic E-state index is 11.9. The van der Waals surface area contributed by atoms with E-state index in [9.17, 15) is 4.79 Å². The molecule has 1 aromatic heterocycles. The summed E-state index contributed by atoms with van der Waals surface area (Å²) >= 11 is 2.22. The number of halogens is 1. The van der Waals surface area contributed by atoms with Crippen LogP contribution in [0.4, 0.5) is 0 Å². The third kappa shape index (κ3) is 2.87. The molecule has 0 aliphatic heterocycles. The molecule has 1 heterocycles. The molecular formula is C14H13IN2O. The zero-order valence-corrected chi connectivity index (χ0v) is 12.4. The molecular weight excluding hydrogens is 339 g/mol. The molecule has 0 spiro atoms.